The fraction of sp³-hybridized carbons (Fsp3) is 0.333. The lowest BCUT2D eigenvalue weighted by molar-refractivity contribution is -0.146. The minimum Gasteiger partial charge on any atom is -0.462 e. The van der Waals surface area contributed by atoms with Gasteiger partial charge in [-0.3, -0.25) is 4.79 Å². The molecule has 5 heteroatoms. The summed E-state index contributed by atoms with van der Waals surface area (Å²) < 4.78 is 5.58. The molecule has 0 aromatic heterocycles. The summed E-state index contributed by atoms with van der Waals surface area (Å²) in [7, 11) is 0. The molecule has 0 radical (unpaired) electrons. The van der Waals surface area contributed by atoms with Crippen LogP contribution in [0.15, 0.2) is 40.6 Å². The molecule has 1 fully saturated rings. The van der Waals surface area contributed by atoms with Crippen molar-refractivity contribution in [1.82, 2.24) is 0 Å². The monoisotopic (exact) mass is 305 g/mol. The second-order valence-electron chi connectivity index (χ2n) is 4.51. The van der Waals surface area contributed by atoms with E-state index < -0.39 is 0 Å². The Kier molecular flexibility index (Phi) is 5.16. The average molecular weight is 305 g/mol. The first-order chi connectivity index (χ1) is 9.56. The number of nitrogens with zero attached hydrogens (tertiary/aromatic N) is 1. The van der Waals surface area contributed by atoms with Gasteiger partial charge in [0.25, 0.3) is 0 Å². The zero-order valence-corrected chi connectivity index (χ0v) is 12.8. The Morgan fingerprint density at radius 2 is 2.20 bits per heavy atom. The Balaban J connectivity index is 1.98. The molecule has 2 rings (SSSR count). The molecule has 0 bridgehead atoms. The highest BCUT2D eigenvalue weighted by Crippen LogP contribution is 2.43. The first kappa shape index (κ1) is 15.0. The van der Waals surface area contributed by atoms with Gasteiger partial charge in [0.05, 0.1) is 16.2 Å². The van der Waals surface area contributed by atoms with Gasteiger partial charge in [-0.1, -0.05) is 6.58 Å². The van der Waals surface area contributed by atoms with Crippen LogP contribution in [0.1, 0.15) is 25.3 Å². The third-order valence-electron chi connectivity index (χ3n) is 2.79. The number of hydrogen-bond acceptors (Lipinski definition) is 5. The molecule has 1 aliphatic rings. The fourth-order valence-corrected chi connectivity index (χ4v) is 4.80. The van der Waals surface area contributed by atoms with Crippen LogP contribution in [0.25, 0.3) is 0 Å². The number of ether oxygens (including phenoxy) is 1. The van der Waals surface area contributed by atoms with E-state index in [1.54, 1.807) is 23.5 Å². The number of benzene rings is 1. The van der Waals surface area contributed by atoms with Gasteiger partial charge in [-0.25, -0.2) is 0 Å². The van der Waals surface area contributed by atoms with Crippen molar-refractivity contribution < 1.29 is 9.53 Å². The maximum absolute atomic E-state index is 11.1. The van der Waals surface area contributed by atoms with Crippen LogP contribution in [-0.4, -0.2) is 16.7 Å². The highest BCUT2D eigenvalue weighted by molar-refractivity contribution is 8.18. The normalized spacial score (nSPS) is 22.1. The third-order valence-corrected chi connectivity index (χ3v) is 5.32. The minimum atomic E-state index is -0.239. The van der Waals surface area contributed by atoms with Gasteiger partial charge in [-0.2, -0.15) is 5.26 Å². The Morgan fingerprint density at radius 1 is 1.50 bits per heavy atom. The van der Waals surface area contributed by atoms with Gasteiger partial charge in [-0.05, 0) is 29.2 Å². The van der Waals surface area contributed by atoms with Crippen molar-refractivity contribution in [2.45, 2.75) is 35.3 Å². The molecule has 1 aliphatic heterocycles. The van der Waals surface area contributed by atoms with Crippen molar-refractivity contribution in [3.63, 3.8) is 0 Å². The summed E-state index contributed by atoms with van der Waals surface area (Å²) in [5.74, 6) is -0.239. The highest BCUT2D eigenvalue weighted by Gasteiger charge is 2.27. The SMILES string of the molecule is C=C1CC(OC(C)=O)C[C@H](Sc2ccc(C#N)cc2)S1. The summed E-state index contributed by atoms with van der Waals surface area (Å²) in [6.45, 7) is 5.44. The molecule has 2 atom stereocenters. The molecule has 3 nitrogen and oxygen atoms in total. The number of esters is 1. The van der Waals surface area contributed by atoms with Crippen molar-refractivity contribution >= 4 is 29.5 Å². The lowest BCUT2D eigenvalue weighted by Gasteiger charge is -2.29. The van der Waals surface area contributed by atoms with E-state index >= 15 is 0 Å². The summed E-state index contributed by atoms with van der Waals surface area (Å²) in [6, 6.07) is 9.63. The van der Waals surface area contributed by atoms with Crippen LogP contribution in [0.4, 0.5) is 0 Å². The lowest BCUT2D eigenvalue weighted by Crippen LogP contribution is -2.24. The van der Waals surface area contributed by atoms with E-state index in [9.17, 15) is 4.79 Å². The molecule has 0 amide bonds. The van der Waals surface area contributed by atoms with E-state index in [1.165, 1.54) is 6.92 Å². The smallest absolute Gasteiger partial charge is 0.302 e. The Morgan fingerprint density at radius 3 is 2.80 bits per heavy atom. The van der Waals surface area contributed by atoms with Crippen LogP contribution in [0.2, 0.25) is 0 Å². The van der Waals surface area contributed by atoms with Gasteiger partial charge in [0.15, 0.2) is 0 Å². The number of nitriles is 1. The molecule has 104 valence electrons. The molecular formula is C15H15NO2S2. The molecule has 0 aliphatic carbocycles. The summed E-state index contributed by atoms with van der Waals surface area (Å²) in [5, 5.41) is 8.78. The van der Waals surface area contributed by atoms with Crippen molar-refractivity contribution in [3.05, 3.63) is 41.3 Å². The van der Waals surface area contributed by atoms with Gasteiger partial charge in [0.2, 0.25) is 0 Å². The standard InChI is InChI=1S/C15H15NO2S2/c1-10-7-13(18-11(2)17)8-15(19-10)20-14-5-3-12(9-16)4-6-14/h3-6,13,15H,1,7-8H2,2H3/t13?,15-/m0/s1. The van der Waals surface area contributed by atoms with Gasteiger partial charge < -0.3 is 4.74 Å². The Hall–Kier alpha value is -1.38. The number of hydrogen-bond donors (Lipinski definition) is 0. The zero-order valence-electron chi connectivity index (χ0n) is 11.2. The molecule has 1 aromatic rings. The van der Waals surface area contributed by atoms with Crippen molar-refractivity contribution in [3.8, 4) is 6.07 Å². The maximum atomic E-state index is 11.1. The first-order valence-corrected chi connectivity index (χ1v) is 8.01. The van der Waals surface area contributed by atoms with Gasteiger partial charge in [0.1, 0.15) is 6.10 Å². The largest absolute Gasteiger partial charge is 0.462 e. The fourth-order valence-electron chi connectivity index (χ4n) is 1.99. The molecule has 0 spiro atoms. The lowest BCUT2D eigenvalue weighted by atomic mass is 10.2. The van der Waals surface area contributed by atoms with Gasteiger partial charge in [-0.15, -0.1) is 23.5 Å². The molecular weight excluding hydrogens is 290 g/mol. The number of carbonyl (C=O) groups is 1. The van der Waals surface area contributed by atoms with Crippen LogP contribution >= 0.6 is 23.5 Å². The molecule has 1 saturated heterocycles. The second kappa shape index (κ2) is 6.87. The topological polar surface area (TPSA) is 50.1 Å². The molecule has 1 unspecified atom stereocenters. The van der Waals surface area contributed by atoms with E-state index in [1.807, 2.05) is 24.3 Å². The predicted molar refractivity (Wildman–Crippen MR) is 82.3 cm³/mol. The van der Waals surface area contributed by atoms with E-state index in [4.69, 9.17) is 10.00 Å². The number of rotatable bonds is 3. The first-order valence-electron chi connectivity index (χ1n) is 6.25. The number of thioether (sulfide) groups is 2. The zero-order chi connectivity index (χ0) is 14.5. The molecule has 1 heterocycles. The second-order valence-corrected chi connectivity index (χ2v) is 7.47. The minimum absolute atomic E-state index is 0.0721. The van der Waals surface area contributed by atoms with E-state index in [-0.39, 0.29) is 16.7 Å². The van der Waals surface area contributed by atoms with Crippen LogP contribution in [0.5, 0.6) is 0 Å². The summed E-state index contributed by atoms with van der Waals surface area (Å²) in [5.41, 5.74) is 0.660. The average Bonchev–Trinajstić information content (AvgIpc) is 2.38. The van der Waals surface area contributed by atoms with Gasteiger partial charge >= 0.3 is 5.97 Å². The molecule has 0 saturated carbocycles. The maximum Gasteiger partial charge on any atom is 0.302 e. The summed E-state index contributed by atoms with van der Waals surface area (Å²) >= 11 is 3.45. The van der Waals surface area contributed by atoms with Crippen molar-refractivity contribution in [2.24, 2.45) is 0 Å². The van der Waals surface area contributed by atoms with Crippen LogP contribution in [-0.2, 0) is 9.53 Å². The summed E-state index contributed by atoms with van der Waals surface area (Å²) in [6.07, 6.45) is 1.47. The van der Waals surface area contributed by atoms with Gasteiger partial charge in [0, 0.05) is 24.7 Å². The Labute approximate surface area is 127 Å². The van der Waals surface area contributed by atoms with Crippen LogP contribution in [0.3, 0.4) is 0 Å². The highest BCUT2D eigenvalue weighted by atomic mass is 32.2. The predicted octanol–water partition coefficient (Wildman–Crippen LogP) is 3.95. The van der Waals surface area contributed by atoms with Crippen molar-refractivity contribution in [2.75, 3.05) is 0 Å². The quantitative estimate of drug-likeness (QED) is 0.791. The number of carbonyl (C=O) groups excluding carboxylic acids is 1. The summed E-state index contributed by atoms with van der Waals surface area (Å²) in [4.78, 5) is 13.2. The van der Waals surface area contributed by atoms with Crippen molar-refractivity contribution in [1.29, 1.82) is 5.26 Å². The van der Waals surface area contributed by atoms with Crippen LogP contribution in [0, 0.1) is 11.3 Å². The third kappa shape index (κ3) is 4.32. The Bertz CT molecular complexity index is 546. The molecule has 0 N–H and O–H groups in total. The van der Waals surface area contributed by atoms with E-state index in [2.05, 4.69) is 12.6 Å². The molecule has 1 aromatic carbocycles. The van der Waals surface area contributed by atoms with E-state index in [0.717, 1.165) is 22.6 Å². The molecule has 20 heavy (non-hydrogen) atoms. The van der Waals surface area contributed by atoms with Crippen LogP contribution < -0.4 is 0 Å². The van der Waals surface area contributed by atoms with E-state index in [0.29, 0.717) is 5.56 Å².